The van der Waals surface area contributed by atoms with Crippen LogP contribution in [0.25, 0.3) is 0 Å². The zero-order valence-electron chi connectivity index (χ0n) is 13.9. The molecule has 1 aliphatic rings. The average Bonchev–Trinajstić information content (AvgIpc) is 2.95. The minimum Gasteiger partial charge on any atom is -0.375 e. The molecule has 1 aliphatic heterocycles. The van der Waals surface area contributed by atoms with Crippen LogP contribution in [0, 0.1) is 5.82 Å². The van der Waals surface area contributed by atoms with Gasteiger partial charge in [-0.25, -0.2) is 12.8 Å². The van der Waals surface area contributed by atoms with E-state index in [0.717, 1.165) is 6.07 Å². The average molecular weight is 397 g/mol. The third-order valence-electron chi connectivity index (χ3n) is 4.24. The van der Waals surface area contributed by atoms with Crippen LogP contribution in [0.3, 0.4) is 0 Å². The van der Waals surface area contributed by atoms with Crippen molar-refractivity contribution in [1.29, 1.82) is 0 Å². The summed E-state index contributed by atoms with van der Waals surface area (Å²) in [4.78, 5) is 14.4. The highest BCUT2D eigenvalue weighted by Gasteiger charge is 2.35. The van der Waals surface area contributed by atoms with Gasteiger partial charge in [-0.05, 0) is 36.8 Å². The minimum absolute atomic E-state index is 0.0507. The van der Waals surface area contributed by atoms with Gasteiger partial charge < -0.3 is 10.2 Å². The van der Waals surface area contributed by atoms with Gasteiger partial charge in [-0.15, -0.1) is 0 Å². The van der Waals surface area contributed by atoms with Gasteiger partial charge in [0, 0.05) is 5.69 Å². The van der Waals surface area contributed by atoms with E-state index in [1.54, 1.807) is 24.3 Å². The summed E-state index contributed by atoms with van der Waals surface area (Å²) in [5.41, 5.74) is 1.08. The lowest BCUT2D eigenvalue weighted by molar-refractivity contribution is -0.117. The van der Waals surface area contributed by atoms with E-state index in [1.807, 2.05) is 6.07 Å². The molecule has 1 amide bonds. The van der Waals surface area contributed by atoms with Crippen molar-refractivity contribution in [2.75, 3.05) is 28.3 Å². The Hall–Kier alpha value is -2.12. The second-order valence-corrected chi connectivity index (χ2v) is 8.77. The highest BCUT2D eigenvalue weighted by molar-refractivity contribution is 7.91. The van der Waals surface area contributed by atoms with Crippen molar-refractivity contribution in [3.8, 4) is 0 Å². The Morgan fingerprint density at radius 3 is 2.58 bits per heavy atom. The Labute approximate surface area is 156 Å². The molecule has 5 nitrogen and oxygen atoms in total. The SMILES string of the molecule is O=C(CNc1ccc(F)cc1Cl)N(c1ccccc1)[C@@H]1CCS(=O)(=O)C1. The molecule has 138 valence electrons. The molecular weight excluding hydrogens is 379 g/mol. The second kappa shape index (κ2) is 7.63. The van der Waals surface area contributed by atoms with Crippen LogP contribution in [-0.4, -0.2) is 38.4 Å². The number of nitrogens with one attached hydrogen (secondary N) is 1. The first kappa shape index (κ1) is 18.7. The van der Waals surface area contributed by atoms with E-state index in [4.69, 9.17) is 11.6 Å². The summed E-state index contributed by atoms with van der Waals surface area (Å²) in [7, 11) is -3.14. The Morgan fingerprint density at radius 1 is 1.23 bits per heavy atom. The number of hydrogen-bond acceptors (Lipinski definition) is 4. The third kappa shape index (κ3) is 4.34. The van der Waals surface area contributed by atoms with Crippen molar-refractivity contribution in [3.63, 3.8) is 0 Å². The standard InChI is InChI=1S/C18H18ClFN2O3S/c19-16-10-13(20)6-7-17(16)21-11-18(23)22(14-4-2-1-3-5-14)15-8-9-26(24,25)12-15/h1-7,10,15,21H,8-9,11-12H2/t15-/m1/s1. The molecule has 0 saturated carbocycles. The van der Waals surface area contributed by atoms with Gasteiger partial charge in [-0.2, -0.15) is 0 Å². The van der Waals surface area contributed by atoms with E-state index in [-0.39, 0.29) is 29.0 Å². The number of nitrogens with zero attached hydrogens (tertiary/aromatic N) is 1. The molecule has 1 saturated heterocycles. The molecule has 2 aromatic carbocycles. The number of sulfone groups is 1. The third-order valence-corrected chi connectivity index (χ3v) is 6.30. The number of amides is 1. The molecule has 1 atom stereocenters. The number of hydrogen-bond donors (Lipinski definition) is 1. The van der Waals surface area contributed by atoms with Crippen LogP contribution >= 0.6 is 11.6 Å². The first-order valence-electron chi connectivity index (χ1n) is 8.12. The maximum atomic E-state index is 13.1. The molecule has 8 heteroatoms. The van der Waals surface area contributed by atoms with E-state index in [0.29, 0.717) is 17.8 Å². The Kier molecular flexibility index (Phi) is 5.48. The predicted octanol–water partition coefficient (Wildman–Crippen LogP) is 3.11. The fourth-order valence-electron chi connectivity index (χ4n) is 3.01. The minimum atomic E-state index is -3.14. The molecule has 2 aromatic rings. The highest BCUT2D eigenvalue weighted by atomic mass is 35.5. The summed E-state index contributed by atoms with van der Waals surface area (Å²) in [6.07, 6.45) is 0.403. The van der Waals surface area contributed by atoms with E-state index in [9.17, 15) is 17.6 Å². The Balaban J connectivity index is 1.79. The molecular formula is C18H18ClFN2O3S. The van der Waals surface area contributed by atoms with Gasteiger partial charge in [0.15, 0.2) is 9.84 Å². The molecule has 0 bridgehead atoms. The predicted molar refractivity (Wildman–Crippen MR) is 101 cm³/mol. The number of carbonyl (C=O) groups excluding carboxylic acids is 1. The lowest BCUT2D eigenvalue weighted by Gasteiger charge is -2.28. The topological polar surface area (TPSA) is 66.5 Å². The molecule has 0 radical (unpaired) electrons. The maximum Gasteiger partial charge on any atom is 0.246 e. The quantitative estimate of drug-likeness (QED) is 0.843. The smallest absolute Gasteiger partial charge is 0.246 e. The molecule has 0 aliphatic carbocycles. The zero-order valence-corrected chi connectivity index (χ0v) is 15.4. The number of rotatable bonds is 5. The van der Waals surface area contributed by atoms with E-state index in [2.05, 4.69) is 5.32 Å². The van der Waals surface area contributed by atoms with Gasteiger partial charge >= 0.3 is 0 Å². The van der Waals surface area contributed by atoms with Crippen LogP contribution in [0.5, 0.6) is 0 Å². The Morgan fingerprint density at radius 2 is 1.96 bits per heavy atom. The summed E-state index contributed by atoms with van der Waals surface area (Å²) in [5, 5.41) is 3.07. The van der Waals surface area contributed by atoms with Crippen molar-refractivity contribution in [1.82, 2.24) is 0 Å². The van der Waals surface area contributed by atoms with Crippen molar-refractivity contribution in [3.05, 3.63) is 59.4 Å². The van der Waals surface area contributed by atoms with Crippen LogP contribution in [0.1, 0.15) is 6.42 Å². The molecule has 1 fully saturated rings. The fraction of sp³-hybridized carbons (Fsp3) is 0.278. The van der Waals surface area contributed by atoms with Crippen molar-refractivity contribution >= 4 is 38.7 Å². The number of carbonyl (C=O) groups is 1. The monoisotopic (exact) mass is 396 g/mol. The largest absolute Gasteiger partial charge is 0.375 e. The lowest BCUT2D eigenvalue weighted by Crippen LogP contribution is -2.44. The highest BCUT2D eigenvalue weighted by Crippen LogP contribution is 2.26. The number of benzene rings is 2. The van der Waals surface area contributed by atoms with Crippen LogP contribution in [0.4, 0.5) is 15.8 Å². The van der Waals surface area contributed by atoms with Gasteiger partial charge in [0.05, 0.1) is 34.8 Å². The fourth-order valence-corrected chi connectivity index (χ4v) is 4.95. The first-order chi connectivity index (χ1) is 12.4. The molecule has 0 spiro atoms. The summed E-state index contributed by atoms with van der Waals surface area (Å²) >= 11 is 5.97. The second-order valence-electron chi connectivity index (χ2n) is 6.13. The number of anilines is 2. The zero-order chi connectivity index (χ0) is 18.7. The van der Waals surface area contributed by atoms with E-state index < -0.39 is 21.7 Å². The normalized spacial score (nSPS) is 18.5. The van der Waals surface area contributed by atoms with Gasteiger partial charge in [0.1, 0.15) is 5.82 Å². The van der Waals surface area contributed by atoms with Gasteiger partial charge in [0.2, 0.25) is 5.91 Å². The van der Waals surface area contributed by atoms with E-state index in [1.165, 1.54) is 17.0 Å². The lowest BCUT2D eigenvalue weighted by atomic mass is 10.1. The van der Waals surface area contributed by atoms with Crippen LogP contribution < -0.4 is 10.2 Å². The van der Waals surface area contributed by atoms with Crippen LogP contribution in [-0.2, 0) is 14.6 Å². The van der Waals surface area contributed by atoms with Crippen molar-refractivity contribution in [2.24, 2.45) is 0 Å². The van der Waals surface area contributed by atoms with Gasteiger partial charge in [-0.3, -0.25) is 4.79 Å². The molecule has 0 aromatic heterocycles. The van der Waals surface area contributed by atoms with Crippen LogP contribution in [0.2, 0.25) is 5.02 Å². The summed E-state index contributed by atoms with van der Waals surface area (Å²) < 4.78 is 36.8. The molecule has 1 N–H and O–H groups in total. The molecule has 0 unspecified atom stereocenters. The summed E-state index contributed by atoms with van der Waals surface area (Å²) in [6.45, 7) is -0.0865. The molecule has 26 heavy (non-hydrogen) atoms. The van der Waals surface area contributed by atoms with Crippen molar-refractivity contribution < 1.29 is 17.6 Å². The summed E-state index contributed by atoms with van der Waals surface area (Å²) in [6, 6.07) is 12.4. The summed E-state index contributed by atoms with van der Waals surface area (Å²) in [5.74, 6) is -0.719. The molecule has 1 heterocycles. The van der Waals surface area contributed by atoms with Crippen LogP contribution in [0.15, 0.2) is 48.5 Å². The van der Waals surface area contributed by atoms with Crippen molar-refractivity contribution in [2.45, 2.75) is 12.5 Å². The Bertz CT molecular complexity index is 906. The van der Waals surface area contributed by atoms with Gasteiger partial charge in [0.25, 0.3) is 0 Å². The number of para-hydroxylation sites is 1. The van der Waals surface area contributed by atoms with E-state index >= 15 is 0 Å². The first-order valence-corrected chi connectivity index (χ1v) is 10.3. The van der Waals surface area contributed by atoms with Gasteiger partial charge in [-0.1, -0.05) is 29.8 Å². The maximum absolute atomic E-state index is 13.1. The molecule has 3 rings (SSSR count). The number of halogens is 2.